The summed E-state index contributed by atoms with van der Waals surface area (Å²) in [5.74, 6) is -0.189. The van der Waals surface area contributed by atoms with Gasteiger partial charge in [0.25, 0.3) is 11.6 Å². The number of nitrogens with two attached hydrogens (primary N) is 1. The SMILES string of the molecule is Cc1ccc(C(=O)N2CC[C@@H](N)C2)cc1[N+](=O)[O-].Cl. The van der Waals surface area contributed by atoms with Crippen molar-refractivity contribution >= 4 is 24.0 Å². The van der Waals surface area contributed by atoms with E-state index in [1.54, 1.807) is 24.0 Å². The number of nitro benzene ring substituents is 1. The number of carbonyl (C=O) groups excluding carboxylic acids is 1. The minimum atomic E-state index is -0.470. The number of benzene rings is 1. The van der Waals surface area contributed by atoms with Crippen molar-refractivity contribution < 1.29 is 9.72 Å². The van der Waals surface area contributed by atoms with Gasteiger partial charge >= 0.3 is 0 Å². The molecule has 1 aromatic rings. The molecule has 6 nitrogen and oxygen atoms in total. The fourth-order valence-electron chi connectivity index (χ4n) is 2.09. The van der Waals surface area contributed by atoms with Crippen molar-refractivity contribution in [3.05, 3.63) is 39.4 Å². The highest BCUT2D eigenvalue weighted by molar-refractivity contribution is 5.95. The smallest absolute Gasteiger partial charge is 0.273 e. The summed E-state index contributed by atoms with van der Waals surface area (Å²) < 4.78 is 0. The molecule has 0 bridgehead atoms. The van der Waals surface area contributed by atoms with E-state index < -0.39 is 4.92 Å². The Kier molecular flexibility index (Phi) is 4.85. The second-order valence-corrected chi connectivity index (χ2v) is 4.56. The zero-order valence-corrected chi connectivity index (χ0v) is 11.4. The largest absolute Gasteiger partial charge is 0.337 e. The molecule has 0 unspecified atom stereocenters. The number of halogens is 1. The maximum absolute atomic E-state index is 12.1. The Hall–Kier alpha value is -1.66. The summed E-state index contributed by atoms with van der Waals surface area (Å²) in [6.07, 6.45) is 0.777. The van der Waals surface area contributed by atoms with Gasteiger partial charge in [-0.1, -0.05) is 6.07 Å². The topological polar surface area (TPSA) is 89.5 Å². The van der Waals surface area contributed by atoms with Gasteiger partial charge in [-0.15, -0.1) is 12.4 Å². The summed E-state index contributed by atoms with van der Waals surface area (Å²) in [4.78, 5) is 24.1. The van der Waals surface area contributed by atoms with E-state index >= 15 is 0 Å². The highest BCUT2D eigenvalue weighted by Gasteiger charge is 2.25. The van der Waals surface area contributed by atoms with Crippen LogP contribution in [0, 0.1) is 17.0 Å². The molecule has 1 atom stereocenters. The number of nitro groups is 1. The summed E-state index contributed by atoms with van der Waals surface area (Å²) in [5.41, 5.74) is 6.62. The Morgan fingerprint density at radius 2 is 2.21 bits per heavy atom. The maximum Gasteiger partial charge on any atom is 0.273 e. The van der Waals surface area contributed by atoms with Crippen LogP contribution in [0.2, 0.25) is 0 Å². The molecular formula is C12H16ClN3O3. The molecule has 1 aromatic carbocycles. The van der Waals surface area contributed by atoms with E-state index in [1.807, 2.05) is 0 Å². The Morgan fingerprint density at radius 3 is 2.74 bits per heavy atom. The number of nitrogens with zero attached hydrogens (tertiary/aromatic N) is 2. The zero-order chi connectivity index (χ0) is 13.3. The average molecular weight is 286 g/mol. The molecule has 0 aromatic heterocycles. The Bertz CT molecular complexity index is 507. The predicted molar refractivity (Wildman–Crippen MR) is 73.6 cm³/mol. The standard InChI is InChI=1S/C12H15N3O3.ClH/c1-8-2-3-9(6-11(8)15(17)18)12(16)14-5-4-10(13)7-14;/h2-3,6,10H,4-5,7,13H2,1H3;1H/t10-;/m1./s1. The van der Waals surface area contributed by atoms with Crippen LogP contribution in [0.15, 0.2) is 18.2 Å². The molecule has 0 spiro atoms. The van der Waals surface area contributed by atoms with E-state index in [-0.39, 0.29) is 30.0 Å². The van der Waals surface area contributed by atoms with Gasteiger partial charge in [-0.25, -0.2) is 0 Å². The number of hydrogen-bond acceptors (Lipinski definition) is 4. The number of aryl methyl sites for hydroxylation is 1. The van der Waals surface area contributed by atoms with Crippen LogP contribution in [-0.4, -0.2) is 34.9 Å². The molecule has 19 heavy (non-hydrogen) atoms. The average Bonchev–Trinajstić information content (AvgIpc) is 2.75. The van der Waals surface area contributed by atoms with Crippen molar-refractivity contribution in [2.75, 3.05) is 13.1 Å². The number of likely N-dealkylation sites (tertiary alicyclic amines) is 1. The van der Waals surface area contributed by atoms with Crippen LogP contribution in [-0.2, 0) is 0 Å². The van der Waals surface area contributed by atoms with Crippen molar-refractivity contribution in [1.82, 2.24) is 4.90 Å². The van der Waals surface area contributed by atoms with Crippen LogP contribution < -0.4 is 5.73 Å². The molecule has 1 aliphatic heterocycles. The minimum absolute atomic E-state index is 0. The van der Waals surface area contributed by atoms with Gasteiger partial charge in [-0.05, 0) is 19.4 Å². The molecule has 1 amide bonds. The number of rotatable bonds is 2. The number of hydrogen-bond donors (Lipinski definition) is 1. The van der Waals surface area contributed by atoms with Crippen molar-refractivity contribution in [2.45, 2.75) is 19.4 Å². The Labute approximate surface area is 117 Å². The van der Waals surface area contributed by atoms with Crippen LogP contribution >= 0.6 is 12.4 Å². The lowest BCUT2D eigenvalue weighted by Crippen LogP contribution is -2.31. The van der Waals surface area contributed by atoms with Crippen LogP contribution in [0.4, 0.5) is 5.69 Å². The van der Waals surface area contributed by atoms with Crippen molar-refractivity contribution in [3.63, 3.8) is 0 Å². The van der Waals surface area contributed by atoms with Crippen molar-refractivity contribution in [2.24, 2.45) is 5.73 Å². The summed E-state index contributed by atoms with van der Waals surface area (Å²) in [6.45, 7) is 2.78. The van der Waals surface area contributed by atoms with Crippen LogP contribution in [0.1, 0.15) is 22.3 Å². The molecule has 0 radical (unpaired) electrons. The van der Waals surface area contributed by atoms with E-state index in [1.165, 1.54) is 6.07 Å². The molecule has 7 heteroatoms. The van der Waals surface area contributed by atoms with Gasteiger partial charge in [-0.3, -0.25) is 14.9 Å². The van der Waals surface area contributed by atoms with Gasteiger partial charge in [-0.2, -0.15) is 0 Å². The third-order valence-electron chi connectivity index (χ3n) is 3.16. The molecule has 1 heterocycles. The molecule has 2 N–H and O–H groups in total. The zero-order valence-electron chi connectivity index (χ0n) is 10.5. The normalized spacial score (nSPS) is 18.0. The monoisotopic (exact) mass is 285 g/mol. The summed E-state index contributed by atoms with van der Waals surface area (Å²) in [7, 11) is 0. The minimum Gasteiger partial charge on any atom is -0.337 e. The first-order valence-electron chi connectivity index (χ1n) is 5.79. The third-order valence-corrected chi connectivity index (χ3v) is 3.16. The summed E-state index contributed by atoms with van der Waals surface area (Å²) in [6, 6.07) is 4.56. The first-order valence-corrected chi connectivity index (χ1v) is 5.79. The molecule has 1 fully saturated rings. The molecule has 0 saturated carbocycles. The van der Waals surface area contributed by atoms with E-state index in [2.05, 4.69) is 0 Å². The number of amides is 1. The second kappa shape index (κ2) is 5.99. The molecule has 1 aliphatic rings. The fourth-order valence-corrected chi connectivity index (χ4v) is 2.09. The molecule has 2 rings (SSSR count). The summed E-state index contributed by atoms with van der Waals surface area (Å²) >= 11 is 0. The number of carbonyl (C=O) groups is 1. The van der Waals surface area contributed by atoms with Gasteiger partial charge in [0.1, 0.15) is 0 Å². The van der Waals surface area contributed by atoms with Gasteiger partial charge in [0.15, 0.2) is 0 Å². The fraction of sp³-hybridized carbons (Fsp3) is 0.417. The first kappa shape index (κ1) is 15.4. The molecular weight excluding hydrogens is 270 g/mol. The molecule has 1 saturated heterocycles. The van der Waals surface area contributed by atoms with E-state index in [9.17, 15) is 14.9 Å². The van der Waals surface area contributed by atoms with Crippen LogP contribution in [0.25, 0.3) is 0 Å². The molecule has 0 aliphatic carbocycles. The highest BCUT2D eigenvalue weighted by atomic mass is 35.5. The Morgan fingerprint density at radius 1 is 1.53 bits per heavy atom. The predicted octanol–water partition coefficient (Wildman–Crippen LogP) is 1.50. The van der Waals surface area contributed by atoms with Gasteiger partial charge in [0.05, 0.1) is 4.92 Å². The van der Waals surface area contributed by atoms with Crippen molar-refractivity contribution in [1.29, 1.82) is 0 Å². The molecule has 104 valence electrons. The second-order valence-electron chi connectivity index (χ2n) is 4.56. The third kappa shape index (κ3) is 3.21. The van der Waals surface area contributed by atoms with Gasteiger partial charge < -0.3 is 10.6 Å². The lowest BCUT2D eigenvalue weighted by Gasteiger charge is -2.15. The van der Waals surface area contributed by atoms with E-state index in [0.717, 1.165) is 6.42 Å². The first-order chi connectivity index (χ1) is 8.49. The van der Waals surface area contributed by atoms with Gasteiger partial charge in [0.2, 0.25) is 0 Å². The van der Waals surface area contributed by atoms with Gasteiger partial charge in [0, 0.05) is 36.3 Å². The lowest BCUT2D eigenvalue weighted by atomic mass is 10.1. The van der Waals surface area contributed by atoms with Crippen LogP contribution in [0.5, 0.6) is 0 Å². The maximum atomic E-state index is 12.1. The summed E-state index contributed by atoms with van der Waals surface area (Å²) in [5, 5.41) is 10.8. The lowest BCUT2D eigenvalue weighted by molar-refractivity contribution is -0.385. The Balaban J connectivity index is 0.00000180. The highest BCUT2D eigenvalue weighted by Crippen LogP contribution is 2.21. The van der Waals surface area contributed by atoms with Crippen LogP contribution in [0.3, 0.4) is 0 Å². The quantitative estimate of drug-likeness (QED) is 0.658. The van der Waals surface area contributed by atoms with E-state index in [4.69, 9.17) is 5.73 Å². The van der Waals surface area contributed by atoms with Crippen molar-refractivity contribution in [3.8, 4) is 0 Å². The van der Waals surface area contributed by atoms with E-state index in [0.29, 0.717) is 24.2 Å².